The van der Waals surface area contributed by atoms with Crippen LogP contribution in [0, 0.1) is 17.2 Å². The minimum Gasteiger partial charge on any atom is -0.490 e. The Morgan fingerprint density at radius 2 is 1.80 bits per heavy atom. The second kappa shape index (κ2) is 13.4. The molecule has 1 unspecified atom stereocenters. The van der Waals surface area contributed by atoms with Crippen LogP contribution >= 0.6 is 0 Å². The number of allylic oxidation sites excluding steroid dienone is 1. The maximum Gasteiger partial charge on any atom is 0.343 e. The smallest absolute Gasteiger partial charge is 0.343 e. The third-order valence-corrected chi connectivity index (χ3v) is 6.41. The molecule has 1 heterocycles. The van der Waals surface area contributed by atoms with E-state index in [-0.39, 0.29) is 17.2 Å². The molecule has 0 spiro atoms. The number of carbonyl (C=O) groups excluding carboxylic acids is 1. The number of nitrogens with two attached hydrogens (primary N) is 1. The number of fused-ring (bicyclic) bond motifs is 1. The predicted octanol–water partition coefficient (Wildman–Crippen LogP) is 6.51. The van der Waals surface area contributed by atoms with Crippen LogP contribution in [0.3, 0.4) is 0 Å². The Morgan fingerprint density at radius 3 is 2.49 bits per heavy atom. The van der Waals surface area contributed by atoms with Crippen molar-refractivity contribution < 1.29 is 28.5 Å². The van der Waals surface area contributed by atoms with Gasteiger partial charge in [0.05, 0.1) is 24.7 Å². The van der Waals surface area contributed by atoms with Gasteiger partial charge in [0, 0.05) is 11.6 Å². The van der Waals surface area contributed by atoms with E-state index in [1.165, 1.54) is 0 Å². The lowest BCUT2D eigenvalue weighted by Gasteiger charge is -2.27. The second-order valence-electron chi connectivity index (χ2n) is 9.81. The fraction of sp³-hybridized carbons (Fsp3) is 0.273. The zero-order valence-corrected chi connectivity index (χ0v) is 23.5. The van der Waals surface area contributed by atoms with Crippen molar-refractivity contribution in [2.45, 2.75) is 33.1 Å². The quantitative estimate of drug-likeness (QED) is 0.153. The van der Waals surface area contributed by atoms with Gasteiger partial charge in [-0.2, -0.15) is 5.26 Å². The highest BCUT2D eigenvalue weighted by atomic mass is 16.5. The summed E-state index contributed by atoms with van der Waals surface area (Å²) in [6.45, 7) is 11.2. The SMILES string of the molecule is C=CCOc1ccc(C(=O)Oc2ccc3c(c2)OC(N)=C(C#N)C3c2ccc(OCCC(C)C)c(OCC)c2)cc1. The molecule has 0 fully saturated rings. The molecule has 0 saturated carbocycles. The summed E-state index contributed by atoms with van der Waals surface area (Å²) in [6.07, 6.45) is 2.56. The van der Waals surface area contributed by atoms with Crippen molar-refractivity contribution in [3.8, 4) is 34.8 Å². The van der Waals surface area contributed by atoms with E-state index in [1.807, 2.05) is 25.1 Å². The molecule has 1 aliphatic heterocycles. The number of nitrogens with zero attached hydrogens (tertiary/aromatic N) is 1. The van der Waals surface area contributed by atoms with Gasteiger partial charge in [-0.1, -0.05) is 38.6 Å². The molecule has 3 aromatic rings. The van der Waals surface area contributed by atoms with Crippen molar-refractivity contribution >= 4 is 5.97 Å². The van der Waals surface area contributed by atoms with Crippen LogP contribution in [0.15, 0.2) is 84.8 Å². The molecule has 212 valence electrons. The molecule has 0 radical (unpaired) electrons. The minimum atomic E-state index is -0.539. The second-order valence-corrected chi connectivity index (χ2v) is 9.81. The summed E-state index contributed by atoms with van der Waals surface area (Å²) in [4.78, 5) is 12.8. The maximum atomic E-state index is 12.8. The zero-order valence-electron chi connectivity index (χ0n) is 23.5. The number of esters is 1. The largest absolute Gasteiger partial charge is 0.490 e. The monoisotopic (exact) mass is 554 g/mol. The zero-order chi connectivity index (χ0) is 29.4. The summed E-state index contributed by atoms with van der Waals surface area (Å²) in [5.74, 6) is 1.96. The van der Waals surface area contributed by atoms with Gasteiger partial charge in [-0.15, -0.1) is 0 Å². The van der Waals surface area contributed by atoms with Crippen LogP contribution in [0.5, 0.6) is 28.7 Å². The Labute approximate surface area is 240 Å². The molecule has 1 atom stereocenters. The molecule has 0 bridgehead atoms. The summed E-state index contributed by atoms with van der Waals surface area (Å²) in [6, 6.07) is 19.5. The van der Waals surface area contributed by atoms with Crippen LogP contribution in [0.2, 0.25) is 0 Å². The van der Waals surface area contributed by atoms with Crippen molar-refractivity contribution in [1.82, 2.24) is 0 Å². The van der Waals surface area contributed by atoms with Gasteiger partial charge in [-0.3, -0.25) is 0 Å². The van der Waals surface area contributed by atoms with E-state index < -0.39 is 11.9 Å². The third kappa shape index (κ3) is 7.00. The van der Waals surface area contributed by atoms with Gasteiger partial charge in [-0.05, 0) is 67.3 Å². The first-order chi connectivity index (χ1) is 19.8. The molecule has 0 aromatic heterocycles. The van der Waals surface area contributed by atoms with Crippen molar-refractivity contribution in [2.24, 2.45) is 11.7 Å². The molecular weight excluding hydrogens is 520 g/mol. The van der Waals surface area contributed by atoms with Gasteiger partial charge in [0.15, 0.2) is 11.5 Å². The number of rotatable bonds is 12. The van der Waals surface area contributed by atoms with Gasteiger partial charge in [0.2, 0.25) is 5.88 Å². The lowest BCUT2D eigenvalue weighted by atomic mass is 9.83. The fourth-order valence-corrected chi connectivity index (χ4v) is 4.35. The Hall–Kier alpha value is -4.90. The molecule has 0 aliphatic carbocycles. The van der Waals surface area contributed by atoms with Crippen molar-refractivity contribution in [3.05, 3.63) is 101 Å². The average Bonchev–Trinajstić information content (AvgIpc) is 2.96. The van der Waals surface area contributed by atoms with Crippen molar-refractivity contribution in [3.63, 3.8) is 0 Å². The lowest BCUT2D eigenvalue weighted by Crippen LogP contribution is -2.21. The fourth-order valence-electron chi connectivity index (χ4n) is 4.35. The Bertz CT molecular complexity index is 1470. The van der Waals surface area contributed by atoms with E-state index in [0.29, 0.717) is 59.9 Å². The summed E-state index contributed by atoms with van der Waals surface area (Å²) in [5.41, 5.74) is 8.32. The molecule has 41 heavy (non-hydrogen) atoms. The number of benzene rings is 3. The van der Waals surface area contributed by atoms with E-state index >= 15 is 0 Å². The number of ether oxygens (including phenoxy) is 5. The summed E-state index contributed by atoms with van der Waals surface area (Å²) < 4.78 is 28.7. The highest BCUT2D eigenvalue weighted by Crippen LogP contribution is 2.45. The van der Waals surface area contributed by atoms with E-state index in [2.05, 4.69) is 26.5 Å². The van der Waals surface area contributed by atoms with Crippen LogP contribution < -0.4 is 29.4 Å². The van der Waals surface area contributed by atoms with E-state index in [0.717, 1.165) is 12.0 Å². The van der Waals surface area contributed by atoms with Crippen molar-refractivity contribution in [1.29, 1.82) is 5.26 Å². The molecule has 8 heteroatoms. The molecule has 8 nitrogen and oxygen atoms in total. The van der Waals surface area contributed by atoms with Gasteiger partial charge < -0.3 is 29.4 Å². The molecule has 1 aliphatic rings. The highest BCUT2D eigenvalue weighted by molar-refractivity contribution is 5.91. The molecule has 0 amide bonds. The molecule has 0 saturated heterocycles. The normalized spacial score (nSPS) is 14.0. The number of nitriles is 1. The summed E-state index contributed by atoms with van der Waals surface area (Å²) >= 11 is 0. The van der Waals surface area contributed by atoms with Gasteiger partial charge in [0.1, 0.15) is 35.5 Å². The van der Waals surface area contributed by atoms with Crippen LogP contribution in [-0.4, -0.2) is 25.8 Å². The molecule has 3 aromatic carbocycles. The Morgan fingerprint density at radius 1 is 1.05 bits per heavy atom. The van der Waals surface area contributed by atoms with Gasteiger partial charge >= 0.3 is 5.97 Å². The first-order valence-electron chi connectivity index (χ1n) is 13.5. The van der Waals surface area contributed by atoms with E-state index in [9.17, 15) is 10.1 Å². The van der Waals surface area contributed by atoms with Crippen LogP contribution in [0.4, 0.5) is 0 Å². The van der Waals surface area contributed by atoms with Crippen LogP contribution in [-0.2, 0) is 0 Å². The lowest BCUT2D eigenvalue weighted by molar-refractivity contribution is 0.0734. The topological polar surface area (TPSA) is 113 Å². The van der Waals surface area contributed by atoms with Crippen LogP contribution in [0.25, 0.3) is 0 Å². The number of hydrogen-bond acceptors (Lipinski definition) is 8. The summed E-state index contributed by atoms with van der Waals surface area (Å²) in [5, 5.41) is 9.97. The minimum absolute atomic E-state index is 0.0150. The Balaban J connectivity index is 1.60. The number of carbonyl (C=O) groups is 1. The van der Waals surface area contributed by atoms with Crippen LogP contribution in [0.1, 0.15) is 54.6 Å². The standard InChI is InChI=1S/C33H34N2O6/c1-5-16-38-24-10-7-22(8-11-24)33(36)40-25-12-13-26-29(19-25)41-32(35)27(20-34)31(26)23-9-14-28(30(18-23)37-6-2)39-17-15-21(3)4/h5,7-14,18-19,21,31H,1,6,15-17,35H2,2-4H3. The maximum absolute atomic E-state index is 12.8. The summed E-state index contributed by atoms with van der Waals surface area (Å²) in [7, 11) is 0. The Kier molecular flexibility index (Phi) is 9.54. The van der Waals surface area contributed by atoms with Gasteiger partial charge in [-0.25, -0.2) is 4.79 Å². The molecule has 2 N–H and O–H groups in total. The van der Waals surface area contributed by atoms with Gasteiger partial charge in [0.25, 0.3) is 0 Å². The highest BCUT2D eigenvalue weighted by Gasteiger charge is 2.32. The third-order valence-electron chi connectivity index (χ3n) is 6.41. The predicted molar refractivity (Wildman–Crippen MR) is 155 cm³/mol. The van der Waals surface area contributed by atoms with Crippen molar-refractivity contribution in [2.75, 3.05) is 19.8 Å². The molecular formula is C33H34N2O6. The van der Waals surface area contributed by atoms with E-state index in [1.54, 1.807) is 48.5 Å². The first-order valence-corrected chi connectivity index (χ1v) is 13.5. The number of hydrogen-bond donors (Lipinski definition) is 1. The van der Waals surface area contributed by atoms with E-state index in [4.69, 9.17) is 29.4 Å². The first kappa shape index (κ1) is 29.1. The average molecular weight is 555 g/mol. The molecule has 4 rings (SSSR count).